The Bertz CT molecular complexity index is 712. The lowest BCUT2D eigenvalue weighted by Gasteiger charge is -2.20. The normalized spacial score (nSPS) is 11.4. The van der Waals surface area contributed by atoms with Crippen molar-refractivity contribution in [2.24, 2.45) is 5.10 Å². The number of hydrogen-bond acceptors (Lipinski definition) is 6. The number of rotatable bonds is 6. The molecule has 2 rings (SSSR count). The molecule has 1 aromatic carbocycles. The van der Waals surface area contributed by atoms with Gasteiger partial charge in [0.1, 0.15) is 5.00 Å². The molecule has 128 valence electrons. The van der Waals surface area contributed by atoms with Crippen molar-refractivity contribution in [3.8, 4) is 0 Å². The van der Waals surface area contributed by atoms with E-state index in [1.807, 2.05) is 19.1 Å². The molecule has 0 aliphatic carbocycles. The molecule has 6 nitrogen and oxygen atoms in total. The number of nitrogens with one attached hydrogen (secondary N) is 1. The van der Waals surface area contributed by atoms with E-state index in [4.69, 9.17) is 5.73 Å². The summed E-state index contributed by atoms with van der Waals surface area (Å²) in [5, 5.41) is 4.75. The summed E-state index contributed by atoms with van der Waals surface area (Å²) >= 11 is 1.23. The summed E-state index contributed by atoms with van der Waals surface area (Å²) < 4.78 is 4.18. The van der Waals surface area contributed by atoms with Gasteiger partial charge in [-0.05, 0) is 63.5 Å². The van der Waals surface area contributed by atoms with Gasteiger partial charge in [0.2, 0.25) is 0 Å². The number of hydrazone groups is 1. The van der Waals surface area contributed by atoms with E-state index in [-0.39, 0.29) is 5.91 Å². The minimum atomic E-state index is -0.250. The van der Waals surface area contributed by atoms with Gasteiger partial charge in [-0.25, -0.2) is 5.43 Å². The molecule has 0 unspecified atom stereocenters. The lowest BCUT2D eigenvalue weighted by atomic mass is 10.1. The molecule has 3 N–H and O–H groups in total. The van der Waals surface area contributed by atoms with Crippen molar-refractivity contribution in [3.05, 3.63) is 41.1 Å². The highest BCUT2D eigenvalue weighted by Crippen LogP contribution is 2.21. The molecular formula is C17H23N5OS. The van der Waals surface area contributed by atoms with Crippen LogP contribution in [0.15, 0.2) is 29.4 Å². The Hall–Kier alpha value is -2.41. The van der Waals surface area contributed by atoms with Crippen LogP contribution in [0.2, 0.25) is 0 Å². The summed E-state index contributed by atoms with van der Waals surface area (Å²) in [7, 11) is 0. The molecular weight excluding hydrogens is 322 g/mol. The molecule has 0 atom stereocenters. The molecule has 0 radical (unpaired) electrons. The first-order valence-corrected chi connectivity index (χ1v) is 8.67. The Kier molecular flexibility index (Phi) is 5.92. The maximum Gasteiger partial charge on any atom is 0.271 e. The second-order valence-electron chi connectivity index (χ2n) is 5.36. The van der Waals surface area contributed by atoms with Gasteiger partial charge in [-0.2, -0.15) is 9.47 Å². The fraction of sp³-hybridized carbons (Fsp3) is 0.353. The van der Waals surface area contributed by atoms with E-state index in [0.29, 0.717) is 16.3 Å². The van der Waals surface area contributed by atoms with Gasteiger partial charge in [-0.15, -0.1) is 0 Å². The number of nitrogens with zero attached hydrogens (tertiary/aromatic N) is 3. The summed E-state index contributed by atoms with van der Waals surface area (Å²) in [5.74, 6) is -0.250. The highest BCUT2D eigenvalue weighted by molar-refractivity contribution is 7.10. The van der Waals surface area contributed by atoms with Gasteiger partial charge in [0.25, 0.3) is 5.91 Å². The summed E-state index contributed by atoms with van der Waals surface area (Å²) in [6.45, 7) is 9.75. The molecule has 0 bridgehead atoms. The van der Waals surface area contributed by atoms with Crippen molar-refractivity contribution in [2.45, 2.75) is 27.7 Å². The van der Waals surface area contributed by atoms with Crippen molar-refractivity contribution in [3.63, 3.8) is 0 Å². The number of aromatic nitrogens is 1. The summed E-state index contributed by atoms with van der Waals surface area (Å²) in [6, 6.07) is 7.51. The Balaban J connectivity index is 2.08. The van der Waals surface area contributed by atoms with Crippen LogP contribution < -0.4 is 16.1 Å². The molecule has 24 heavy (non-hydrogen) atoms. The van der Waals surface area contributed by atoms with Crippen LogP contribution in [0.25, 0.3) is 0 Å². The van der Waals surface area contributed by atoms with E-state index in [9.17, 15) is 4.79 Å². The lowest BCUT2D eigenvalue weighted by Crippen LogP contribution is -2.22. The number of carbonyl (C=O) groups is 1. The van der Waals surface area contributed by atoms with E-state index in [1.54, 1.807) is 19.1 Å². The number of amides is 1. The Labute approximate surface area is 146 Å². The van der Waals surface area contributed by atoms with Gasteiger partial charge < -0.3 is 10.6 Å². The van der Waals surface area contributed by atoms with E-state index in [0.717, 1.165) is 30.0 Å². The number of hydrogen-bond donors (Lipinski definition) is 2. The first-order chi connectivity index (χ1) is 11.5. The van der Waals surface area contributed by atoms with Gasteiger partial charge >= 0.3 is 0 Å². The molecule has 0 saturated heterocycles. The van der Waals surface area contributed by atoms with Gasteiger partial charge in [0, 0.05) is 24.3 Å². The fourth-order valence-corrected chi connectivity index (χ4v) is 3.21. The van der Waals surface area contributed by atoms with Crippen molar-refractivity contribution in [1.29, 1.82) is 0 Å². The van der Waals surface area contributed by atoms with Crippen LogP contribution in [-0.2, 0) is 0 Å². The van der Waals surface area contributed by atoms with Crippen LogP contribution in [-0.4, -0.2) is 29.1 Å². The van der Waals surface area contributed by atoms with E-state index >= 15 is 0 Å². The van der Waals surface area contributed by atoms with Crippen LogP contribution in [0.1, 0.15) is 42.4 Å². The van der Waals surface area contributed by atoms with Crippen LogP contribution in [0.3, 0.4) is 0 Å². The molecule has 0 spiro atoms. The Morgan fingerprint density at radius 1 is 1.29 bits per heavy atom. The topological polar surface area (TPSA) is 83.6 Å². The van der Waals surface area contributed by atoms with Crippen LogP contribution >= 0.6 is 11.5 Å². The third-order valence-electron chi connectivity index (χ3n) is 3.83. The van der Waals surface area contributed by atoms with Crippen LogP contribution in [0.5, 0.6) is 0 Å². The maximum atomic E-state index is 12.2. The molecule has 1 aromatic heterocycles. The van der Waals surface area contributed by atoms with Crippen LogP contribution in [0.4, 0.5) is 10.7 Å². The Morgan fingerprint density at radius 3 is 2.42 bits per heavy atom. The quantitative estimate of drug-likeness (QED) is 0.622. The summed E-state index contributed by atoms with van der Waals surface area (Å²) in [6.07, 6.45) is 0. The fourth-order valence-electron chi connectivity index (χ4n) is 2.49. The minimum absolute atomic E-state index is 0.250. The third-order valence-corrected chi connectivity index (χ3v) is 4.60. The largest absolute Gasteiger partial charge is 0.389 e. The molecule has 2 aromatic rings. The molecule has 1 amide bonds. The molecule has 0 aliphatic rings. The second-order valence-corrected chi connectivity index (χ2v) is 6.17. The number of carbonyl (C=O) groups excluding carboxylic acids is 1. The van der Waals surface area contributed by atoms with Crippen molar-refractivity contribution >= 4 is 33.8 Å². The average Bonchev–Trinajstić information content (AvgIpc) is 2.93. The predicted molar refractivity (Wildman–Crippen MR) is 101 cm³/mol. The molecule has 0 aliphatic heterocycles. The van der Waals surface area contributed by atoms with E-state index in [1.165, 1.54) is 11.5 Å². The van der Waals surface area contributed by atoms with Gasteiger partial charge in [-0.1, -0.05) is 0 Å². The second kappa shape index (κ2) is 7.92. The molecule has 0 saturated carbocycles. The van der Waals surface area contributed by atoms with E-state index < -0.39 is 0 Å². The highest BCUT2D eigenvalue weighted by atomic mass is 32.1. The monoisotopic (exact) mass is 345 g/mol. The zero-order chi connectivity index (χ0) is 17.7. The smallest absolute Gasteiger partial charge is 0.271 e. The molecule has 0 fully saturated rings. The molecule has 7 heteroatoms. The first-order valence-electron chi connectivity index (χ1n) is 7.89. The van der Waals surface area contributed by atoms with Gasteiger partial charge in [0.15, 0.2) is 0 Å². The van der Waals surface area contributed by atoms with Crippen molar-refractivity contribution in [2.75, 3.05) is 23.7 Å². The number of nitrogens with two attached hydrogens (primary N) is 1. The predicted octanol–water partition coefficient (Wildman–Crippen LogP) is 3.03. The third kappa shape index (κ3) is 3.91. The number of benzene rings is 1. The first kappa shape index (κ1) is 17.9. The Morgan fingerprint density at radius 2 is 1.92 bits per heavy atom. The zero-order valence-electron chi connectivity index (χ0n) is 14.5. The number of anilines is 2. The standard InChI is InChI=1S/C17H23N5OS/c1-5-22(6-2)14-9-7-13(8-10-14)17(23)20-19-11(3)15-12(4)21-24-16(15)18/h7-10H,5-6,18H2,1-4H3,(H,20,23)/b19-11-. The highest BCUT2D eigenvalue weighted by Gasteiger charge is 2.12. The maximum absolute atomic E-state index is 12.2. The zero-order valence-corrected chi connectivity index (χ0v) is 15.3. The minimum Gasteiger partial charge on any atom is -0.389 e. The van der Waals surface area contributed by atoms with Gasteiger partial charge in [-0.3, -0.25) is 4.79 Å². The molecule has 1 heterocycles. The SMILES string of the molecule is CCN(CC)c1ccc(C(=O)N/N=C(/C)c2c(C)nsc2N)cc1. The van der Waals surface area contributed by atoms with Crippen molar-refractivity contribution in [1.82, 2.24) is 9.80 Å². The summed E-state index contributed by atoms with van der Waals surface area (Å²) in [4.78, 5) is 14.5. The number of nitrogen functional groups attached to an aromatic ring is 1. The van der Waals surface area contributed by atoms with E-state index in [2.05, 4.69) is 33.6 Å². The van der Waals surface area contributed by atoms with Gasteiger partial charge in [0.05, 0.1) is 17.0 Å². The van der Waals surface area contributed by atoms with Crippen molar-refractivity contribution < 1.29 is 4.79 Å². The number of aryl methyl sites for hydroxylation is 1. The lowest BCUT2D eigenvalue weighted by molar-refractivity contribution is 0.0955. The summed E-state index contributed by atoms with van der Waals surface area (Å²) in [5.41, 5.74) is 12.4. The average molecular weight is 345 g/mol. The van der Waals surface area contributed by atoms with Crippen LogP contribution in [0, 0.1) is 6.92 Å².